The first-order chi connectivity index (χ1) is 52.9. The number of carboxylic acids is 2. The van der Waals surface area contributed by atoms with E-state index in [1.807, 2.05) is 60.7 Å². The predicted molar refractivity (Wildman–Crippen MR) is 438 cm³/mol. The lowest BCUT2D eigenvalue weighted by Crippen LogP contribution is -2.09. The van der Waals surface area contributed by atoms with Crippen LogP contribution in [0.15, 0.2) is 316 Å². The molecule has 0 aliphatic heterocycles. The maximum Gasteiger partial charge on any atom is 0.384 e. The standard InChI is InChI=1S/C32H24N2O3.C31H24N2O.C29H23NO2.C3H3NO2/c1-21-3-11-27(12-4-21)34(28-13-5-22(2)6-14-28)29-15-9-24(10-16-29)31-19-25-8-7-23(18-30(25)37-31)17-26(20-33)32(35)36;1-22-5-13-27(14-6-22)33(28-15-7-23(2)8-16-28)29-17-11-25(12-18-29)31-21-26-10-9-24(4-3-19-32)20-30(26)34-31;1-20-3-11-25(12-4-20)30(26-13-5-21(2)6-14-26)27-15-9-23(10-16-27)29-18-24-8-7-22(19-31)17-28(24)32-29;1-4-2-3(5)6/h3-19H,1-2H3,(H,35,36);3-18,20-21H,1-2H3;3-19H,1-2H3;2H2,(H,5,6). The minimum atomic E-state index is -1.26. The van der Waals surface area contributed by atoms with Crippen LogP contribution in [0.1, 0.15) is 54.9 Å². The number of aryl methyl sites for hydroxylation is 6. The van der Waals surface area contributed by atoms with Crippen molar-refractivity contribution in [2.24, 2.45) is 0 Å². The van der Waals surface area contributed by atoms with E-state index in [2.05, 4.69) is 273 Å². The number of carbonyl (C=O) groups is 3. The Labute approximate surface area is 632 Å². The number of carbonyl (C=O) groups excluding carboxylic acids is 1. The van der Waals surface area contributed by atoms with Crippen LogP contribution >= 0.6 is 0 Å². The Balaban J connectivity index is 0.000000147. The molecule has 3 heterocycles. The molecule has 0 amide bonds. The lowest BCUT2D eigenvalue weighted by atomic mass is 10.1. The molecule has 0 bridgehead atoms. The first-order valence-electron chi connectivity index (χ1n) is 35.0. The van der Waals surface area contributed by atoms with Crippen LogP contribution in [0.5, 0.6) is 0 Å². The van der Waals surface area contributed by atoms with Crippen LogP contribution in [-0.2, 0) is 9.59 Å². The number of nitriles is 2. The second kappa shape index (κ2) is 34.2. The summed E-state index contributed by atoms with van der Waals surface area (Å²) in [6, 6.07) is 103. The number of carboxylic acid groups (broad SMARTS) is 2. The summed E-state index contributed by atoms with van der Waals surface area (Å²) >= 11 is 0. The fourth-order valence-corrected chi connectivity index (χ4v) is 12.2. The summed E-state index contributed by atoms with van der Waals surface area (Å²) in [5.74, 6) is -0.0104. The van der Waals surface area contributed by atoms with Gasteiger partial charge in [-0.2, -0.15) is 10.5 Å². The van der Waals surface area contributed by atoms with E-state index in [1.165, 1.54) is 45.5 Å². The van der Waals surface area contributed by atoms with Gasteiger partial charge < -0.3 is 43.0 Å². The molecule has 0 atom stereocenters. The zero-order valence-corrected chi connectivity index (χ0v) is 60.8. The molecule has 14 heteroatoms. The van der Waals surface area contributed by atoms with Crippen molar-refractivity contribution in [1.29, 1.82) is 10.5 Å². The van der Waals surface area contributed by atoms with Crippen molar-refractivity contribution in [2.45, 2.75) is 41.5 Å². The highest BCUT2D eigenvalue weighted by atomic mass is 16.4. The van der Waals surface area contributed by atoms with Gasteiger partial charge in [0.1, 0.15) is 52.0 Å². The Morgan fingerprint density at radius 1 is 0.385 bits per heavy atom. The quantitative estimate of drug-likeness (QED) is 0.0379. The van der Waals surface area contributed by atoms with E-state index < -0.39 is 18.5 Å². The molecular formula is C95H74N6O8. The second-order valence-corrected chi connectivity index (χ2v) is 26.1. The predicted octanol–water partition coefficient (Wildman–Crippen LogP) is 24.9. The number of aliphatic carboxylic acids is 2. The van der Waals surface area contributed by atoms with Crippen LogP contribution in [0.3, 0.4) is 0 Å². The molecule has 0 saturated heterocycles. The summed E-state index contributed by atoms with van der Waals surface area (Å²) in [5.41, 5.74) is 24.0. The maximum absolute atomic E-state index is 11.2. The maximum atomic E-state index is 11.2. The van der Waals surface area contributed by atoms with Crippen LogP contribution in [0.4, 0.5) is 51.2 Å². The second-order valence-electron chi connectivity index (χ2n) is 26.1. The van der Waals surface area contributed by atoms with E-state index >= 15 is 0 Å². The number of rotatable bonds is 17. The smallest absolute Gasteiger partial charge is 0.384 e. The number of aldehydes is 1. The summed E-state index contributed by atoms with van der Waals surface area (Å²) in [7, 11) is 0. The third kappa shape index (κ3) is 18.4. The number of hydrogen-bond acceptors (Lipinski definition) is 11. The van der Waals surface area contributed by atoms with Gasteiger partial charge in [0.15, 0.2) is 0 Å². The number of furan rings is 3. The molecule has 109 heavy (non-hydrogen) atoms. The van der Waals surface area contributed by atoms with Crippen molar-refractivity contribution in [3.05, 3.63) is 364 Å². The fraction of sp³-hybridized carbons (Fsp3) is 0.0737. The Morgan fingerprint density at radius 2 is 0.651 bits per heavy atom. The number of nitrogens with zero attached hydrogens (tertiary/aromatic N) is 6. The van der Waals surface area contributed by atoms with Gasteiger partial charge in [0, 0.05) is 95.7 Å². The monoisotopic (exact) mass is 1430 g/mol. The Hall–Kier alpha value is -14.8. The number of anilines is 9. The molecule has 0 aliphatic carbocycles. The van der Waals surface area contributed by atoms with Gasteiger partial charge in [-0.25, -0.2) is 16.2 Å². The number of hydrogen-bond donors (Lipinski definition) is 2. The van der Waals surface area contributed by atoms with Crippen molar-refractivity contribution in [2.75, 3.05) is 21.2 Å². The summed E-state index contributed by atoms with van der Waals surface area (Å²) in [4.78, 5) is 40.9. The zero-order chi connectivity index (χ0) is 76.5. The van der Waals surface area contributed by atoms with Gasteiger partial charge in [-0.1, -0.05) is 143 Å². The lowest BCUT2D eigenvalue weighted by Gasteiger charge is -2.26. The van der Waals surface area contributed by atoms with Crippen molar-refractivity contribution < 1.29 is 37.8 Å². The molecule has 0 spiro atoms. The Kier molecular flexibility index (Phi) is 23.2. The molecule has 0 saturated carbocycles. The molecular weight excluding hydrogens is 1350 g/mol. The largest absolute Gasteiger partial charge is 0.477 e. The lowest BCUT2D eigenvalue weighted by molar-refractivity contribution is -0.135. The highest BCUT2D eigenvalue weighted by molar-refractivity contribution is 5.97. The van der Waals surface area contributed by atoms with E-state index in [0.29, 0.717) is 22.5 Å². The molecule has 12 aromatic carbocycles. The van der Waals surface area contributed by atoms with E-state index in [4.69, 9.17) is 40.6 Å². The zero-order valence-electron chi connectivity index (χ0n) is 60.8. The average Bonchev–Trinajstić information content (AvgIpc) is 1.31. The number of benzene rings is 12. The molecule has 2 N–H and O–H groups in total. The molecule has 0 fully saturated rings. The van der Waals surface area contributed by atoms with Crippen LogP contribution in [-0.4, -0.2) is 35.0 Å². The van der Waals surface area contributed by atoms with Gasteiger partial charge in [-0.3, -0.25) is 4.79 Å². The van der Waals surface area contributed by atoms with Gasteiger partial charge in [0.2, 0.25) is 0 Å². The summed E-state index contributed by atoms with van der Waals surface area (Å²) in [5, 5.41) is 37.5. The first-order valence-corrected chi connectivity index (χ1v) is 35.0. The minimum Gasteiger partial charge on any atom is -0.477 e. The van der Waals surface area contributed by atoms with Crippen LogP contribution < -0.4 is 14.7 Å². The molecule has 0 aliphatic rings. The molecule has 15 aromatic rings. The van der Waals surface area contributed by atoms with Crippen LogP contribution in [0.2, 0.25) is 0 Å². The van der Waals surface area contributed by atoms with Crippen LogP contribution in [0, 0.1) is 70.8 Å². The third-order valence-corrected chi connectivity index (χ3v) is 18.0. The van der Waals surface area contributed by atoms with Gasteiger partial charge in [-0.15, -0.1) is 0 Å². The summed E-state index contributed by atoms with van der Waals surface area (Å²) < 4.78 is 18.3. The number of allylic oxidation sites excluding steroid dienone is 1. The van der Waals surface area contributed by atoms with Crippen molar-refractivity contribution >= 4 is 114 Å². The van der Waals surface area contributed by atoms with Crippen molar-refractivity contribution in [3.8, 4) is 46.1 Å². The average molecular weight is 1430 g/mol. The van der Waals surface area contributed by atoms with E-state index in [0.717, 1.165) is 119 Å². The molecule has 532 valence electrons. The van der Waals surface area contributed by atoms with Gasteiger partial charge in [0.25, 0.3) is 0 Å². The van der Waals surface area contributed by atoms with Gasteiger partial charge in [-0.05, 0) is 247 Å². The molecule has 15 rings (SSSR count). The minimum absolute atomic E-state index is 0.326. The SMILES string of the molecule is Cc1ccc(N(c2ccc(C)cc2)c2ccc(-c3cc4ccc(C=C(C#N)C(=O)O)cc4o3)cc2)cc1.Cc1ccc(N(c2ccc(C)cc2)c2ccc(-c3cc4ccc(C=CC#N)cc4o3)cc2)cc1.Cc1ccc(N(c2ccc(C)cc2)c2ccc(-c3cc4ccc(C=O)cc4o3)cc2)cc1.[C-]#[N+]CC(=O)O. The molecule has 0 radical (unpaired) electrons. The Morgan fingerprint density at radius 3 is 0.899 bits per heavy atom. The van der Waals surface area contributed by atoms with E-state index in [1.54, 1.807) is 36.4 Å². The normalized spacial score (nSPS) is 10.9. The number of fused-ring (bicyclic) bond motifs is 3. The summed E-state index contributed by atoms with van der Waals surface area (Å²) in [6.45, 7) is 18.1. The highest BCUT2D eigenvalue weighted by Gasteiger charge is 2.19. The van der Waals surface area contributed by atoms with Crippen LogP contribution in [0.25, 0.3) is 83.9 Å². The van der Waals surface area contributed by atoms with Crippen molar-refractivity contribution in [1.82, 2.24) is 0 Å². The van der Waals surface area contributed by atoms with E-state index in [-0.39, 0.29) is 5.57 Å². The van der Waals surface area contributed by atoms with Gasteiger partial charge in [0.05, 0.1) is 6.07 Å². The molecule has 14 nitrogen and oxygen atoms in total. The molecule has 3 aromatic heterocycles. The Bertz CT molecular complexity index is 5780. The first kappa shape index (κ1) is 74.0. The summed E-state index contributed by atoms with van der Waals surface area (Å²) in [6.07, 6.45) is 5.42. The highest BCUT2D eigenvalue weighted by Crippen LogP contribution is 2.41. The topological polar surface area (TPSA) is 193 Å². The molecule has 0 unspecified atom stereocenters. The van der Waals surface area contributed by atoms with E-state index in [9.17, 15) is 14.4 Å². The third-order valence-electron chi connectivity index (χ3n) is 18.0. The van der Waals surface area contributed by atoms with Crippen molar-refractivity contribution in [3.63, 3.8) is 0 Å². The van der Waals surface area contributed by atoms with Gasteiger partial charge >= 0.3 is 18.5 Å². The fourth-order valence-electron chi connectivity index (χ4n) is 12.2.